The van der Waals surface area contributed by atoms with Crippen LogP contribution in [0.2, 0.25) is 10.0 Å². The van der Waals surface area contributed by atoms with Gasteiger partial charge >= 0.3 is 0 Å². The van der Waals surface area contributed by atoms with Gasteiger partial charge < -0.3 is 10.2 Å². The van der Waals surface area contributed by atoms with Crippen molar-refractivity contribution in [2.75, 3.05) is 0 Å². The zero-order valence-electron chi connectivity index (χ0n) is 14.7. The summed E-state index contributed by atoms with van der Waals surface area (Å²) in [5.74, 6) is -0.482. The van der Waals surface area contributed by atoms with Crippen molar-refractivity contribution in [3.8, 4) is 0 Å². The first-order valence-electron chi connectivity index (χ1n) is 8.76. The van der Waals surface area contributed by atoms with Gasteiger partial charge in [0, 0.05) is 51.6 Å². The highest BCUT2D eigenvalue weighted by Crippen LogP contribution is 2.35. The highest BCUT2D eigenvalue weighted by atomic mass is 35.5. The van der Waals surface area contributed by atoms with E-state index in [9.17, 15) is 10.0 Å². The molecule has 0 aliphatic rings. The maximum absolute atomic E-state index is 12.9. The van der Waals surface area contributed by atoms with Gasteiger partial charge in [-0.25, -0.2) is 0 Å². The summed E-state index contributed by atoms with van der Waals surface area (Å²) in [5, 5.41) is 14.2. The third-order valence-corrected chi connectivity index (χ3v) is 5.31. The molecule has 4 rings (SSSR count). The first-order valence-corrected chi connectivity index (χ1v) is 9.52. The lowest BCUT2D eigenvalue weighted by atomic mass is 9.86. The van der Waals surface area contributed by atoms with E-state index < -0.39 is 0 Å². The maximum atomic E-state index is 12.9. The number of H-pyrrole nitrogens is 1. The molecule has 28 heavy (non-hydrogen) atoms. The van der Waals surface area contributed by atoms with Gasteiger partial charge in [-0.2, -0.15) is 4.73 Å². The number of rotatable bonds is 5. The number of fused-ring (bicyclic) bond motifs is 1. The van der Waals surface area contributed by atoms with Crippen LogP contribution < -0.4 is 4.73 Å². The summed E-state index contributed by atoms with van der Waals surface area (Å²) >= 11 is 12.2. The molecule has 0 unspecified atom stereocenters. The minimum atomic E-state index is -0.253. The molecule has 4 nitrogen and oxygen atoms in total. The molecule has 6 heteroatoms. The van der Waals surface area contributed by atoms with E-state index >= 15 is 0 Å². The fourth-order valence-corrected chi connectivity index (χ4v) is 3.74. The van der Waals surface area contributed by atoms with Crippen LogP contribution in [0.3, 0.4) is 0 Å². The lowest BCUT2D eigenvalue weighted by molar-refractivity contribution is -0.607. The monoisotopic (exact) mass is 410 g/mol. The van der Waals surface area contributed by atoms with Crippen molar-refractivity contribution in [1.29, 1.82) is 0 Å². The Hall–Kier alpha value is -2.82. The fraction of sp³-hybridized carbons (Fsp3) is 0.0909. The lowest BCUT2D eigenvalue weighted by Crippen LogP contribution is -2.34. The van der Waals surface area contributed by atoms with E-state index in [4.69, 9.17) is 23.2 Å². The molecular weight excluding hydrogens is 395 g/mol. The minimum absolute atomic E-state index is 0.124. The van der Waals surface area contributed by atoms with Gasteiger partial charge in [0.15, 0.2) is 6.20 Å². The second-order valence-corrected chi connectivity index (χ2v) is 7.45. The van der Waals surface area contributed by atoms with Crippen molar-refractivity contribution in [3.63, 3.8) is 0 Å². The third kappa shape index (κ3) is 3.61. The largest absolute Gasteiger partial charge is 0.618 e. The Kier molecular flexibility index (Phi) is 5.07. The van der Waals surface area contributed by atoms with Crippen LogP contribution in [0.15, 0.2) is 73.1 Å². The van der Waals surface area contributed by atoms with Crippen molar-refractivity contribution in [3.05, 3.63) is 105 Å². The number of carbonyl (C=O) groups excluding carboxylic acids is 1. The Balaban J connectivity index is 1.80. The van der Waals surface area contributed by atoms with Gasteiger partial charge in [-0.05, 0) is 47.5 Å². The van der Waals surface area contributed by atoms with Crippen molar-refractivity contribution in [2.45, 2.75) is 12.3 Å². The van der Waals surface area contributed by atoms with E-state index in [1.165, 1.54) is 6.20 Å². The maximum Gasteiger partial charge on any atom is 0.259 e. The molecule has 0 bridgehead atoms. The molecule has 1 atom stereocenters. The summed E-state index contributed by atoms with van der Waals surface area (Å²) in [4.78, 5) is 16.2. The van der Waals surface area contributed by atoms with E-state index in [0.29, 0.717) is 14.8 Å². The first-order chi connectivity index (χ1) is 13.5. The van der Waals surface area contributed by atoms with Crippen molar-refractivity contribution >= 4 is 39.9 Å². The molecule has 0 fully saturated rings. The molecule has 0 amide bonds. The summed E-state index contributed by atoms with van der Waals surface area (Å²) in [6.45, 7) is 0. The van der Waals surface area contributed by atoms with Gasteiger partial charge in [-0.15, -0.1) is 0 Å². The summed E-state index contributed by atoms with van der Waals surface area (Å²) in [6.07, 6.45) is 3.37. The van der Waals surface area contributed by atoms with Crippen LogP contribution in [0.1, 0.15) is 34.0 Å². The molecule has 0 radical (unpaired) electrons. The number of benzene rings is 2. The first kappa shape index (κ1) is 18.5. The molecule has 2 aromatic carbocycles. The second-order valence-electron chi connectivity index (χ2n) is 6.58. The standard InChI is InChI=1S/C22H16Cl2N2O2/c23-15-6-4-14(5-7-15)17(12-22(27)21-3-1-2-10-26(21)28)19-13-25-20-9-8-16(24)11-18(19)20/h1-11,13,17,25H,12H2/t17-/m0/s1. The number of nitrogens with one attached hydrogen (secondary N) is 1. The predicted molar refractivity (Wildman–Crippen MR) is 111 cm³/mol. The van der Waals surface area contributed by atoms with E-state index in [-0.39, 0.29) is 23.8 Å². The molecule has 1 N–H and O–H groups in total. The number of hydrogen-bond acceptors (Lipinski definition) is 2. The number of halogens is 2. The van der Waals surface area contributed by atoms with Gasteiger partial charge in [-0.1, -0.05) is 35.3 Å². The molecular formula is C22H16Cl2N2O2. The number of pyridine rings is 1. The van der Waals surface area contributed by atoms with Crippen molar-refractivity contribution < 1.29 is 9.52 Å². The quantitative estimate of drug-likeness (QED) is 0.267. The normalized spacial score (nSPS) is 12.2. The second kappa shape index (κ2) is 7.66. The Bertz CT molecular complexity index is 1150. The van der Waals surface area contributed by atoms with Crippen LogP contribution >= 0.6 is 23.2 Å². The van der Waals surface area contributed by atoms with E-state index in [1.807, 2.05) is 36.5 Å². The van der Waals surface area contributed by atoms with E-state index in [1.54, 1.807) is 30.3 Å². The van der Waals surface area contributed by atoms with Gasteiger partial charge in [-0.3, -0.25) is 4.79 Å². The number of hydrogen-bond donors (Lipinski definition) is 1. The summed E-state index contributed by atoms with van der Waals surface area (Å²) in [7, 11) is 0. The lowest BCUT2D eigenvalue weighted by Gasteiger charge is -2.17. The van der Waals surface area contributed by atoms with Crippen molar-refractivity contribution in [2.24, 2.45) is 0 Å². The zero-order chi connectivity index (χ0) is 19.7. The number of carbonyl (C=O) groups is 1. The van der Waals surface area contributed by atoms with Crippen LogP contribution in [-0.2, 0) is 0 Å². The minimum Gasteiger partial charge on any atom is -0.618 e. The fourth-order valence-electron chi connectivity index (χ4n) is 3.44. The molecule has 0 aliphatic carbocycles. The Morgan fingerprint density at radius 2 is 1.79 bits per heavy atom. The van der Waals surface area contributed by atoms with Gasteiger partial charge in [0.1, 0.15) is 0 Å². The Morgan fingerprint density at radius 3 is 2.54 bits per heavy atom. The van der Waals surface area contributed by atoms with Crippen LogP contribution in [0, 0.1) is 5.21 Å². The summed E-state index contributed by atoms with van der Waals surface area (Å²) in [5.41, 5.74) is 2.94. The Morgan fingerprint density at radius 1 is 1.04 bits per heavy atom. The number of aromatic nitrogens is 2. The molecule has 0 saturated carbocycles. The van der Waals surface area contributed by atoms with Crippen molar-refractivity contribution in [1.82, 2.24) is 4.98 Å². The third-order valence-electron chi connectivity index (χ3n) is 4.82. The average molecular weight is 411 g/mol. The van der Waals surface area contributed by atoms with Gasteiger partial charge in [0.05, 0.1) is 0 Å². The number of ketones is 1. The Labute approximate surface area is 171 Å². The number of Topliss-reactive ketones (excluding diaryl/α,β-unsaturated/α-hetero) is 1. The van der Waals surface area contributed by atoms with Crippen LogP contribution in [0.25, 0.3) is 10.9 Å². The molecule has 0 saturated heterocycles. The number of nitrogens with zero attached hydrogens (tertiary/aromatic N) is 1. The summed E-state index contributed by atoms with van der Waals surface area (Å²) < 4.78 is 0.605. The van der Waals surface area contributed by atoms with Crippen LogP contribution in [0.4, 0.5) is 0 Å². The highest BCUT2D eigenvalue weighted by Gasteiger charge is 2.25. The van der Waals surface area contributed by atoms with Gasteiger partial charge in [0.25, 0.3) is 5.69 Å². The smallest absolute Gasteiger partial charge is 0.259 e. The number of aromatic amines is 1. The molecule has 0 spiro atoms. The van der Waals surface area contributed by atoms with E-state index in [0.717, 1.165) is 22.0 Å². The zero-order valence-corrected chi connectivity index (χ0v) is 16.2. The van der Waals surface area contributed by atoms with Crippen LogP contribution in [0.5, 0.6) is 0 Å². The predicted octanol–water partition coefficient (Wildman–Crippen LogP) is 5.51. The summed E-state index contributed by atoms with van der Waals surface area (Å²) in [6, 6.07) is 17.8. The molecule has 4 aromatic rings. The van der Waals surface area contributed by atoms with Gasteiger partial charge in [0.2, 0.25) is 5.78 Å². The topological polar surface area (TPSA) is 59.8 Å². The van der Waals surface area contributed by atoms with E-state index in [2.05, 4.69) is 4.98 Å². The molecule has 0 aliphatic heterocycles. The van der Waals surface area contributed by atoms with Crippen LogP contribution in [-0.4, -0.2) is 10.8 Å². The average Bonchev–Trinajstić information content (AvgIpc) is 3.10. The highest BCUT2D eigenvalue weighted by molar-refractivity contribution is 6.31. The molecule has 140 valence electrons. The molecule has 2 heterocycles. The molecule has 2 aromatic heterocycles. The SMILES string of the molecule is O=C(C[C@@H](c1ccc(Cl)cc1)c1c[nH]c2ccc(Cl)cc12)c1cccc[n+]1[O-].